The van der Waals surface area contributed by atoms with Crippen molar-refractivity contribution in [3.63, 3.8) is 0 Å². The van der Waals surface area contributed by atoms with Gasteiger partial charge in [0, 0.05) is 29.8 Å². The number of primary sulfonamides is 1. The van der Waals surface area contributed by atoms with Gasteiger partial charge in [0.05, 0.1) is 21.5 Å². The predicted molar refractivity (Wildman–Crippen MR) is 99.7 cm³/mol. The lowest BCUT2D eigenvalue weighted by Gasteiger charge is -2.33. The van der Waals surface area contributed by atoms with E-state index in [-0.39, 0.29) is 21.3 Å². The lowest BCUT2D eigenvalue weighted by Crippen LogP contribution is -2.32. The second kappa shape index (κ2) is 6.02. The summed E-state index contributed by atoms with van der Waals surface area (Å²) >= 11 is 0. The van der Waals surface area contributed by atoms with E-state index in [1.165, 1.54) is 6.07 Å². The number of sulfone groups is 1. The van der Waals surface area contributed by atoms with Crippen LogP contribution in [-0.4, -0.2) is 28.4 Å². The minimum absolute atomic E-state index is 0.0101. The Morgan fingerprint density at radius 2 is 1.89 bits per heavy atom. The monoisotopic (exact) mass is 408 g/mol. The molecule has 9 heteroatoms. The predicted octanol–water partition coefficient (Wildman–Crippen LogP) is 1.37. The first-order valence-corrected chi connectivity index (χ1v) is 11.9. The van der Waals surface area contributed by atoms with Gasteiger partial charge in [0.25, 0.3) is 0 Å². The number of sulfonamides is 1. The number of hydrogen-bond acceptors (Lipinski definition) is 6. The van der Waals surface area contributed by atoms with Crippen LogP contribution in [0.3, 0.4) is 0 Å². The van der Waals surface area contributed by atoms with Gasteiger partial charge in [-0.15, -0.1) is 0 Å². The van der Waals surface area contributed by atoms with E-state index in [1.807, 2.05) is 0 Å². The molecule has 0 saturated heterocycles. The molecule has 3 aliphatic rings. The van der Waals surface area contributed by atoms with Crippen LogP contribution in [0.4, 0.5) is 0 Å². The van der Waals surface area contributed by atoms with Crippen LogP contribution in [0, 0.1) is 6.92 Å². The Bertz CT molecular complexity index is 1140. The smallest absolute Gasteiger partial charge is 0.238 e. The summed E-state index contributed by atoms with van der Waals surface area (Å²) in [5, 5.41) is 8.50. The van der Waals surface area contributed by atoms with Gasteiger partial charge in [-0.1, -0.05) is 12.1 Å². The molecule has 1 unspecified atom stereocenters. The summed E-state index contributed by atoms with van der Waals surface area (Å²) < 4.78 is 49.4. The average molecular weight is 409 g/mol. The summed E-state index contributed by atoms with van der Waals surface area (Å²) in [7, 11) is -7.50. The fraction of sp³-hybridized carbons (Fsp3) is 0.389. The minimum Gasteiger partial charge on any atom is -0.361 e. The Morgan fingerprint density at radius 1 is 1.15 bits per heavy atom. The Kier molecular flexibility index (Phi) is 4.10. The normalized spacial score (nSPS) is 24.5. The van der Waals surface area contributed by atoms with Gasteiger partial charge < -0.3 is 5.32 Å². The highest BCUT2D eigenvalue weighted by Crippen LogP contribution is 2.47. The van der Waals surface area contributed by atoms with E-state index >= 15 is 0 Å². The molecule has 3 N–H and O–H groups in total. The number of ketones is 1. The molecule has 0 amide bonds. The molecular formula is C18H20N2O5S2. The standard InChI is InChI=1S/C18H20N2O5S2/c1-10-5-6-11(9-15(10)27(19,24)25)16-17-12(3-2-4-14(17)21)20-13-7-8-26(22,23)18(13)16/h5-6,9,16,20H,2-4,7-8H2,1H3,(H2,19,24,25). The van der Waals surface area contributed by atoms with E-state index in [2.05, 4.69) is 5.32 Å². The first kappa shape index (κ1) is 18.4. The first-order chi connectivity index (χ1) is 12.6. The van der Waals surface area contributed by atoms with Gasteiger partial charge in [-0.3, -0.25) is 4.79 Å². The third kappa shape index (κ3) is 2.94. The zero-order valence-corrected chi connectivity index (χ0v) is 16.4. The van der Waals surface area contributed by atoms with Gasteiger partial charge in [0.1, 0.15) is 0 Å². The molecule has 0 fully saturated rings. The number of carbonyl (C=O) groups excluding carboxylic acids is 1. The maximum atomic E-state index is 12.7. The summed E-state index contributed by atoms with van der Waals surface area (Å²) in [5.41, 5.74) is 2.75. The molecule has 2 heterocycles. The number of hydrogen-bond donors (Lipinski definition) is 2. The maximum Gasteiger partial charge on any atom is 0.238 e. The Hall–Kier alpha value is -1.97. The van der Waals surface area contributed by atoms with Crippen molar-refractivity contribution < 1.29 is 21.6 Å². The van der Waals surface area contributed by atoms with Gasteiger partial charge in [0.2, 0.25) is 10.0 Å². The molecule has 0 bridgehead atoms. The molecule has 0 aromatic heterocycles. The average Bonchev–Trinajstić information content (AvgIpc) is 2.88. The summed E-state index contributed by atoms with van der Waals surface area (Å²) in [6, 6.07) is 4.70. The van der Waals surface area contributed by atoms with Crippen molar-refractivity contribution in [2.75, 3.05) is 5.75 Å². The quantitative estimate of drug-likeness (QED) is 0.762. The van der Waals surface area contributed by atoms with Crippen LogP contribution >= 0.6 is 0 Å². The van der Waals surface area contributed by atoms with Crippen molar-refractivity contribution in [1.82, 2.24) is 5.32 Å². The number of aryl methyl sites for hydroxylation is 1. The number of carbonyl (C=O) groups is 1. The fourth-order valence-corrected chi connectivity index (χ4v) is 6.85. The number of nitrogens with one attached hydrogen (secondary N) is 1. The lowest BCUT2D eigenvalue weighted by atomic mass is 9.79. The summed E-state index contributed by atoms with van der Waals surface area (Å²) in [6.07, 6.45) is 2.10. The van der Waals surface area contributed by atoms with E-state index in [1.54, 1.807) is 19.1 Å². The molecule has 1 atom stereocenters. The number of Topliss-reactive ketones (excluding diaryl/α,β-unsaturated/α-hetero) is 1. The molecule has 1 aromatic rings. The number of allylic oxidation sites excluding steroid dienone is 4. The second-order valence-corrected chi connectivity index (χ2v) is 10.8. The fourth-order valence-electron chi connectivity index (χ4n) is 4.20. The van der Waals surface area contributed by atoms with Gasteiger partial charge in [-0.05, 0) is 37.0 Å². The Morgan fingerprint density at radius 3 is 2.59 bits per heavy atom. The van der Waals surface area contributed by atoms with Crippen LogP contribution in [-0.2, 0) is 24.7 Å². The summed E-state index contributed by atoms with van der Waals surface area (Å²) in [6.45, 7) is 1.62. The topological polar surface area (TPSA) is 123 Å². The van der Waals surface area contributed by atoms with Gasteiger partial charge in [-0.25, -0.2) is 22.0 Å². The third-order valence-corrected chi connectivity index (χ3v) is 8.36. The van der Waals surface area contributed by atoms with Gasteiger partial charge >= 0.3 is 0 Å². The highest BCUT2D eigenvalue weighted by Gasteiger charge is 2.44. The molecule has 2 aliphatic heterocycles. The van der Waals surface area contributed by atoms with Crippen LogP contribution in [0.1, 0.15) is 42.7 Å². The minimum atomic E-state index is -3.97. The van der Waals surface area contributed by atoms with Crippen molar-refractivity contribution in [3.05, 3.63) is 51.2 Å². The molecule has 0 saturated carbocycles. The van der Waals surface area contributed by atoms with E-state index in [0.717, 1.165) is 5.70 Å². The van der Waals surface area contributed by atoms with Crippen molar-refractivity contribution in [1.29, 1.82) is 0 Å². The van der Waals surface area contributed by atoms with Crippen molar-refractivity contribution in [3.8, 4) is 0 Å². The van der Waals surface area contributed by atoms with E-state index < -0.39 is 25.8 Å². The molecular weight excluding hydrogens is 388 g/mol. The van der Waals surface area contributed by atoms with Crippen LogP contribution in [0.15, 0.2) is 45.0 Å². The zero-order chi connectivity index (χ0) is 19.6. The summed E-state index contributed by atoms with van der Waals surface area (Å²) in [5.74, 6) is -0.887. The molecule has 7 nitrogen and oxygen atoms in total. The first-order valence-electron chi connectivity index (χ1n) is 8.72. The van der Waals surface area contributed by atoms with Crippen molar-refractivity contribution in [2.24, 2.45) is 5.14 Å². The molecule has 1 aliphatic carbocycles. The SMILES string of the molecule is Cc1ccc(C2C3=C(CCCC3=O)NC3=C2S(=O)(=O)CC3)cc1S(N)(=O)=O. The van der Waals surface area contributed by atoms with Crippen LogP contribution in [0.5, 0.6) is 0 Å². The number of benzene rings is 1. The molecule has 0 radical (unpaired) electrons. The molecule has 0 spiro atoms. The van der Waals surface area contributed by atoms with E-state index in [9.17, 15) is 21.6 Å². The highest BCUT2D eigenvalue weighted by molar-refractivity contribution is 7.95. The Balaban J connectivity index is 1.98. The third-order valence-electron chi connectivity index (χ3n) is 5.41. The van der Waals surface area contributed by atoms with Crippen molar-refractivity contribution in [2.45, 2.75) is 43.4 Å². The molecule has 4 rings (SSSR count). The van der Waals surface area contributed by atoms with Crippen molar-refractivity contribution >= 4 is 25.6 Å². The lowest BCUT2D eigenvalue weighted by molar-refractivity contribution is -0.116. The van der Waals surface area contributed by atoms with E-state index in [4.69, 9.17) is 5.14 Å². The van der Waals surface area contributed by atoms with Crippen LogP contribution in [0.25, 0.3) is 0 Å². The van der Waals surface area contributed by atoms with Crippen LogP contribution < -0.4 is 10.5 Å². The molecule has 27 heavy (non-hydrogen) atoms. The highest BCUT2D eigenvalue weighted by atomic mass is 32.2. The number of dihydropyridines is 1. The van der Waals surface area contributed by atoms with Crippen LogP contribution in [0.2, 0.25) is 0 Å². The van der Waals surface area contributed by atoms with Gasteiger partial charge in [-0.2, -0.15) is 0 Å². The maximum absolute atomic E-state index is 12.7. The molecule has 1 aromatic carbocycles. The zero-order valence-electron chi connectivity index (χ0n) is 14.8. The Labute approximate surface area is 158 Å². The second-order valence-electron chi connectivity index (χ2n) is 7.21. The molecule has 144 valence electrons. The largest absolute Gasteiger partial charge is 0.361 e. The summed E-state index contributed by atoms with van der Waals surface area (Å²) in [4.78, 5) is 12.8. The van der Waals surface area contributed by atoms with E-state index in [0.29, 0.717) is 48.1 Å². The number of rotatable bonds is 2. The number of nitrogens with two attached hydrogens (primary N) is 1. The van der Waals surface area contributed by atoms with Gasteiger partial charge in [0.15, 0.2) is 15.6 Å².